The van der Waals surface area contributed by atoms with Gasteiger partial charge < -0.3 is 10.2 Å². The number of hydrogen-bond donors (Lipinski definition) is 1. The number of likely N-dealkylation sites (N-methyl/N-ethyl adjacent to an activating group) is 1. The molecule has 3 aromatic rings. The number of aliphatic imine (C=N–C) groups is 1. The van der Waals surface area contributed by atoms with E-state index in [1.54, 1.807) is 29.5 Å². The fourth-order valence-electron chi connectivity index (χ4n) is 4.59. The van der Waals surface area contributed by atoms with Crippen molar-refractivity contribution in [3.8, 4) is 0 Å². The van der Waals surface area contributed by atoms with Gasteiger partial charge in [-0.3, -0.25) is 4.90 Å². The molecule has 33 heavy (non-hydrogen) atoms. The Labute approximate surface area is 197 Å². The molecule has 1 fully saturated rings. The molecule has 0 aliphatic carbocycles. The maximum absolute atomic E-state index is 14.0. The van der Waals surface area contributed by atoms with Gasteiger partial charge >= 0.3 is 0 Å². The number of halogens is 2. The number of aryl methyl sites for hydroxylation is 2. The first-order valence-corrected chi connectivity index (χ1v) is 12.3. The molecular formula is C26H28F2N4S. The van der Waals surface area contributed by atoms with E-state index in [-0.39, 0.29) is 11.6 Å². The van der Waals surface area contributed by atoms with Gasteiger partial charge in [0, 0.05) is 36.6 Å². The maximum atomic E-state index is 14.0. The van der Waals surface area contributed by atoms with E-state index in [1.807, 2.05) is 6.07 Å². The summed E-state index contributed by atoms with van der Waals surface area (Å²) in [4.78, 5) is 11.0. The van der Waals surface area contributed by atoms with E-state index >= 15 is 0 Å². The average Bonchev–Trinajstić information content (AvgIpc) is 3.15. The molecule has 0 saturated carbocycles. The lowest BCUT2D eigenvalue weighted by Crippen LogP contribution is -2.53. The van der Waals surface area contributed by atoms with Crippen LogP contribution in [0.1, 0.15) is 29.3 Å². The number of rotatable bonds is 4. The highest BCUT2D eigenvalue weighted by Gasteiger charge is 2.30. The molecule has 1 N–H and O–H groups in total. The van der Waals surface area contributed by atoms with Crippen molar-refractivity contribution in [3.63, 3.8) is 0 Å². The Kier molecular flexibility index (Phi) is 6.17. The molecule has 2 aliphatic rings. The van der Waals surface area contributed by atoms with Gasteiger partial charge in [-0.15, -0.1) is 11.3 Å². The lowest BCUT2D eigenvalue weighted by molar-refractivity contribution is 0.134. The number of amidine groups is 1. The minimum Gasteiger partial charge on any atom is -0.353 e. The number of benzene rings is 2. The highest BCUT2D eigenvalue weighted by atomic mass is 32.1. The predicted octanol–water partition coefficient (Wildman–Crippen LogP) is 5.97. The van der Waals surface area contributed by atoms with E-state index < -0.39 is 0 Å². The summed E-state index contributed by atoms with van der Waals surface area (Å²) in [6, 6.07) is 14.1. The number of piperazine rings is 1. The van der Waals surface area contributed by atoms with Crippen LogP contribution in [0.2, 0.25) is 0 Å². The Balaban J connectivity index is 1.44. The van der Waals surface area contributed by atoms with Gasteiger partial charge in [-0.2, -0.15) is 0 Å². The SMILES string of the molecule is CCc1cc2c(s1)Nc1ccc(F)cc1N=C2N1CCN(C)C(CCc2cccc(F)c2)C1. The molecule has 1 aromatic heterocycles. The molecular weight excluding hydrogens is 438 g/mol. The van der Waals surface area contributed by atoms with Gasteiger partial charge in [0.25, 0.3) is 0 Å². The molecule has 1 saturated heterocycles. The van der Waals surface area contributed by atoms with Crippen molar-refractivity contribution in [2.75, 3.05) is 32.0 Å². The zero-order chi connectivity index (χ0) is 22.9. The van der Waals surface area contributed by atoms with Crippen LogP contribution in [0.15, 0.2) is 53.5 Å². The molecule has 7 heteroatoms. The lowest BCUT2D eigenvalue weighted by Gasteiger charge is -2.41. The summed E-state index contributed by atoms with van der Waals surface area (Å²) in [5, 5.41) is 4.55. The quantitative estimate of drug-likeness (QED) is 0.514. The van der Waals surface area contributed by atoms with Gasteiger partial charge in [-0.05, 0) is 62.2 Å². The number of fused-ring (bicyclic) bond motifs is 2. The van der Waals surface area contributed by atoms with Gasteiger partial charge in [0.05, 0.1) is 16.9 Å². The smallest absolute Gasteiger partial charge is 0.139 e. The highest BCUT2D eigenvalue weighted by Crippen LogP contribution is 2.40. The van der Waals surface area contributed by atoms with Crippen LogP contribution in [-0.2, 0) is 12.8 Å². The fourth-order valence-corrected chi connectivity index (χ4v) is 5.60. The van der Waals surface area contributed by atoms with Crippen LogP contribution in [0.25, 0.3) is 0 Å². The molecule has 1 atom stereocenters. The van der Waals surface area contributed by atoms with Gasteiger partial charge in [-0.1, -0.05) is 19.1 Å². The molecule has 0 amide bonds. The van der Waals surface area contributed by atoms with Crippen LogP contribution >= 0.6 is 11.3 Å². The van der Waals surface area contributed by atoms with Crippen molar-refractivity contribution in [1.82, 2.24) is 9.80 Å². The van der Waals surface area contributed by atoms with Crippen molar-refractivity contribution in [3.05, 3.63) is 76.2 Å². The molecule has 1 unspecified atom stereocenters. The Bertz CT molecular complexity index is 1190. The molecule has 5 rings (SSSR count). The van der Waals surface area contributed by atoms with E-state index in [2.05, 4.69) is 35.2 Å². The van der Waals surface area contributed by atoms with E-state index in [1.165, 1.54) is 23.1 Å². The Morgan fingerprint density at radius 1 is 1.09 bits per heavy atom. The third-order valence-corrected chi connectivity index (χ3v) is 7.73. The summed E-state index contributed by atoms with van der Waals surface area (Å²) in [5.41, 5.74) is 3.56. The minimum absolute atomic E-state index is 0.186. The Morgan fingerprint density at radius 2 is 1.94 bits per heavy atom. The van der Waals surface area contributed by atoms with E-state index in [0.29, 0.717) is 11.7 Å². The molecule has 0 radical (unpaired) electrons. The first-order chi connectivity index (χ1) is 16.0. The van der Waals surface area contributed by atoms with E-state index in [4.69, 9.17) is 4.99 Å². The third-order valence-electron chi connectivity index (χ3n) is 6.54. The number of hydrogen-bond acceptors (Lipinski definition) is 5. The van der Waals surface area contributed by atoms with Crippen molar-refractivity contribution in [1.29, 1.82) is 0 Å². The Hall–Kier alpha value is -2.77. The second-order valence-corrected chi connectivity index (χ2v) is 9.92. The van der Waals surface area contributed by atoms with Crippen LogP contribution in [-0.4, -0.2) is 48.4 Å². The first kappa shape index (κ1) is 22.0. The zero-order valence-corrected chi connectivity index (χ0v) is 19.8. The van der Waals surface area contributed by atoms with Crippen molar-refractivity contribution in [2.24, 2.45) is 4.99 Å². The summed E-state index contributed by atoms with van der Waals surface area (Å²) in [6.07, 6.45) is 2.72. The zero-order valence-electron chi connectivity index (χ0n) is 18.9. The molecule has 172 valence electrons. The molecule has 2 aromatic carbocycles. The third kappa shape index (κ3) is 4.66. The van der Waals surface area contributed by atoms with Gasteiger partial charge in [0.15, 0.2) is 0 Å². The van der Waals surface area contributed by atoms with Crippen molar-refractivity contribution >= 4 is 33.5 Å². The highest BCUT2D eigenvalue weighted by molar-refractivity contribution is 7.16. The normalized spacial score (nSPS) is 18.2. The first-order valence-electron chi connectivity index (χ1n) is 11.5. The molecule has 4 nitrogen and oxygen atoms in total. The fraction of sp³-hybridized carbons (Fsp3) is 0.346. The van der Waals surface area contributed by atoms with Gasteiger partial charge in [0.2, 0.25) is 0 Å². The molecule has 0 bridgehead atoms. The summed E-state index contributed by atoms with van der Waals surface area (Å²) in [5.74, 6) is 0.431. The molecule has 3 heterocycles. The largest absolute Gasteiger partial charge is 0.353 e. The van der Waals surface area contributed by atoms with Crippen LogP contribution in [0.3, 0.4) is 0 Å². The summed E-state index contributed by atoms with van der Waals surface area (Å²) >= 11 is 1.74. The molecule has 2 aliphatic heterocycles. The van der Waals surface area contributed by atoms with E-state index in [0.717, 1.165) is 66.5 Å². The van der Waals surface area contributed by atoms with Crippen LogP contribution < -0.4 is 5.32 Å². The monoisotopic (exact) mass is 466 g/mol. The summed E-state index contributed by atoms with van der Waals surface area (Å²) in [6.45, 7) is 4.75. The number of anilines is 2. The summed E-state index contributed by atoms with van der Waals surface area (Å²) < 4.78 is 27.6. The second kappa shape index (κ2) is 9.23. The van der Waals surface area contributed by atoms with Gasteiger partial charge in [0.1, 0.15) is 22.5 Å². The predicted molar refractivity (Wildman–Crippen MR) is 132 cm³/mol. The number of nitrogens with zero attached hydrogens (tertiary/aromatic N) is 3. The standard InChI is InChI=1S/C26H28F2N4S/c1-3-21-15-22-25(29-24-14-19(28)8-10-23(24)30-26(22)33-21)32-12-11-31(2)20(16-32)9-7-17-5-4-6-18(27)13-17/h4-6,8,10,13-15,20,30H,3,7,9,11-12,16H2,1-2H3. The van der Waals surface area contributed by atoms with Gasteiger partial charge in [-0.25, -0.2) is 13.8 Å². The topological polar surface area (TPSA) is 30.9 Å². The average molecular weight is 467 g/mol. The van der Waals surface area contributed by atoms with Crippen LogP contribution in [0, 0.1) is 11.6 Å². The van der Waals surface area contributed by atoms with Crippen LogP contribution in [0.4, 0.5) is 25.2 Å². The van der Waals surface area contributed by atoms with Crippen molar-refractivity contribution in [2.45, 2.75) is 32.2 Å². The second-order valence-electron chi connectivity index (χ2n) is 8.78. The minimum atomic E-state index is -0.288. The number of thiophene rings is 1. The van der Waals surface area contributed by atoms with E-state index in [9.17, 15) is 8.78 Å². The maximum Gasteiger partial charge on any atom is 0.139 e. The molecule has 0 spiro atoms. The number of nitrogens with one attached hydrogen (secondary N) is 1. The Morgan fingerprint density at radius 3 is 2.76 bits per heavy atom. The summed E-state index contributed by atoms with van der Waals surface area (Å²) in [7, 11) is 2.15. The van der Waals surface area contributed by atoms with Crippen molar-refractivity contribution < 1.29 is 8.78 Å². The van der Waals surface area contributed by atoms with Crippen LogP contribution in [0.5, 0.6) is 0 Å². The lowest BCUT2D eigenvalue weighted by atomic mass is 10.0.